The Hall–Kier alpha value is -1.21. The lowest BCUT2D eigenvalue weighted by Gasteiger charge is -2.12. The van der Waals surface area contributed by atoms with E-state index >= 15 is 0 Å². The Morgan fingerprint density at radius 2 is 1.81 bits per heavy atom. The highest BCUT2D eigenvalue weighted by Crippen LogP contribution is 2.30. The summed E-state index contributed by atoms with van der Waals surface area (Å²) in [4.78, 5) is 4.46. The number of hydrogen-bond acceptors (Lipinski definition) is 1. The van der Waals surface area contributed by atoms with Crippen LogP contribution in [0.15, 0.2) is 36.4 Å². The number of benzene rings is 2. The number of fused-ring (bicyclic) bond motifs is 1. The molecule has 3 aromatic rings. The van der Waals surface area contributed by atoms with Crippen LogP contribution in [0.2, 0.25) is 0 Å². The maximum Gasteiger partial charge on any atom is 0.132 e. The maximum atomic E-state index is 13.6. The minimum atomic E-state index is -0.360. The fraction of sp³-hybridized carbons (Fsp3) is 0.133. The molecule has 2 nitrogen and oxygen atoms in total. The zero-order valence-corrected chi connectivity index (χ0v) is 13.9. The van der Waals surface area contributed by atoms with Crippen LogP contribution in [0.1, 0.15) is 18.1 Å². The zero-order chi connectivity index (χ0) is 15.1. The van der Waals surface area contributed by atoms with Crippen molar-refractivity contribution in [1.82, 2.24) is 9.55 Å². The van der Waals surface area contributed by atoms with Gasteiger partial charge in [0, 0.05) is 9.64 Å². The number of hydrogen-bond donors (Lipinski definition) is 0. The summed E-state index contributed by atoms with van der Waals surface area (Å²) in [6, 6.07) is 8.81. The molecule has 1 aromatic heterocycles. The molecule has 0 aliphatic carbocycles. The average molecular weight is 419 g/mol. The van der Waals surface area contributed by atoms with Gasteiger partial charge in [-0.05, 0) is 59.8 Å². The second-order valence-corrected chi connectivity index (χ2v) is 6.47. The molecule has 1 heterocycles. The number of nitrogens with zero attached hydrogens (tertiary/aromatic N) is 2. The Kier molecular flexibility index (Phi) is 3.88. The highest BCUT2D eigenvalue weighted by Gasteiger charge is 2.18. The van der Waals surface area contributed by atoms with E-state index < -0.39 is 0 Å². The van der Waals surface area contributed by atoms with Gasteiger partial charge in [0.1, 0.15) is 17.5 Å². The zero-order valence-electron chi connectivity index (χ0n) is 10.9. The molecule has 0 saturated heterocycles. The van der Waals surface area contributed by atoms with Gasteiger partial charge in [0.25, 0.3) is 0 Å². The van der Waals surface area contributed by atoms with E-state index in [1.807, 2.05) is 22.6 Å². The van der Waals surface area contributed by atoms with Crippen LogP contribution < -0.4 is 0 Å². The van der Waals surface area contributed by atoms with Crippen molar-refractivity contribution < 1.29 is 8.78 Å². The predicted molar refractivity (Wildman–Crippen MR) is 88.0 cm³/mol. The molecule has 1 unspecified atom stereocenters. The summed E-state index contributed by atoms with van der Waals surface area (Å²) in [5.41, 5.74) is 1.99. The fourth-order valence-electron chi connectivity index (χ4n) is 2.25. The van der Waals surface area contributed by atoms with E-state index in [0.29, 0.717) is 20.4 Å². The molecule has 0 amide bonds. The van der Waals surface area contributed by atoms with Gasteiger partial charge in [-0.15, -0.1) is 11.6 Å². The van der Waals surface area contributed by atoms with Crippen LogP contribution in [0, 0.1) is 15.2 Å². The van der Waals surface area contributed by atoms with Crippen molar-refractivity contribution in [1.29, 1.82) is 0 Å². The molecule has 6 heteroatoms. The first-order chi connectivity index (χ1) is 9.97. The van der Waals surface area contributed by atoms with Crippen LogP contribution in [-0.2, 0) is 0 Å². The van der Waals surface area contributed by atoms with Crippen LogP contribution in [0.4, 0.5) is 8.78 Å². The summed E-state index contributed by atoms with van der Waals surface area (Å²) in [6.45, 7) is 1.80. The number of imidazole rings is 1. The minimum Gasteiger partial charge on any atom is -0.294 e. The van der Waals surface area contributed by atoms with Crippen molar-refractivity contribution >= 4 is 45.2 Å². The molecule has 0 saturated carbocycles. The summed E-state index contributed by atoms with van der Waals surface area (Å²) in [5, 5.41) is -0.360. The van der Waals surface area contributed by atoms with Crippen molar-refractivity contribution in [2.75, 3.05) is 0 Å². The molecule has 0 fully saturated rings. The lowest BCUT2D eigenvalue weighted by atomic mass is 10.2. The van der Waals surface area contributed by atoms with Gasteiger partial charge in [-0.1, -0.05) is 0 Å². The van der Waals surface area contributed by atoms with E-state index in [0.717, 1.165) is 5.69 Å². The molecule has 0 aliphatic rings. The first-order valence-electron chi connectivity index (χ1n) is 6.25. The molecule has 0 spiro atoms. The fourth-order valence-corrected chi connectivity index (χ4v) is 3.11. The Labute approximate surface area is 138 Å². The van der Waals surface area contributed by atoms with E-state index in [1.165, 1.54) is 24.3 Å². The SMILES string of the molecule is CC(Cl)c1nc2ccc(F)cc2n1-c1ccc(F)cc1I. The van der Waals surface area contributed by atoms with Gasteiger partial charge in [0.05, 0.1) is 22.1 Å². The van der Waals surface area contributed by atoms with Crippen LogP contribution >= 0.6 is 34.2 Å². The van der Waals surface area contributed by atoms with Gasteiger partial charge in [-0.2, -0.15) is 0 Å². The first-order valence-corrected chi connectivity index (χ1v) is 7.76. The van der Waals surface area contributed by atoms with Gasteiger partial charge in [-0.25, -0.2) is 13.8 Å². The molecule has 0 aliphatic heterocycles. The number of halogens is 4. The molecule has 3 rings (SSSR count). The molecular formula is C15H10ClF2IN2. The Morgan fingerprint density at radius 3 is 2.48 bits per heavy atom. The molecule has 0 radical (unpaired) electrons. The average Bonchev–Trinajstić information content (AvgIpc) is 2.77. The van der Waals surface area contributed by atoms with Crippen molar-refractivity contribution in [2.24, 2.45) is 0 Å². The van der Waals surface area contributed by atoms with E-state index in [2.05, 4.69) is 4.98 Å². The van der Waals surface area contributed by atoms with E-state index in [9.17, 15) is 8.78 Å². The highest BCUT2D eigenvalue weighted by atomic mass is 127. The molecule has 21 heavy (non-hydrogen) atoms. The maximum absolute atomic E-state index is 13.6. The molecule has 108 valence electrons. The third-order valence-electron chi connectivity index (χ3n) is 3.15. The third-order valence-corrected chi connectivity index (χ3v) is 4.21. The molecule has 1 atom stereocenters. The normalized spacial score (nSPS) is 12.8. The summed E-state index contributed by atoms with van der Waals surface area (Å²) >= 11 is 8.24. The molecule has 0 bridgehead atoms. The number of alkyl halides is 1. The third kappa shape index (κ3) is 2.64. The van der Waals surface area contributed by atoms with Crippen LogP contribution in [0.5, 0.6) is 0 Å². The number of rotatable bonds is 2. The smallest absolute Gasteiger partial charge is 0.132 e. The van der Waals surface area contributed by atoms with Crippen molar-refractivity contribution in [2.45, 2.75) is 12.3 Å². The van der Waals surface area contributed by atoms with Gasteiger partial charge < -0.3 is 0 Å². The highest BCUT2D eigenvalue weighted by molar-refractivity contribution is 14.1. The second-order valence-electron chi connectivity index (χ2n) is 4.65. The van der Waals surface area contributed by atoms with E-state index in [-0.39, 0.29) is 17.0 Å². The molecule has 0 N–H and O–H groups in total. The monoisotopic (exact) mass is 418 g/mol. The van der Waals surface area contributed by atoms with Gasteiger partial charge in [0.2, 0.25) is 0 Å². The Balaban J connectivity index is 2.38. The lowest BCUT2D eigenvalue weighted by Crippen LogP contribution is -2.04. The van der Waals surface area contributed by atoms with E-state index in [4.69, 9.17) is 11.6 Å². The van der Waals surface area contributed by atoms with Gasteiger partial charge in [-0.3, -0.25) is 4.57 Å². The molecule has 2 aromatic carbocycles. The summed E-state index contributed by atoms with van der Waals surface area (Å²) < 4.78 is 29.4. The largest absolute Gasteiger partial charge is 0.294 e. The summed E-state index contributed by atoms with van der Waals surface area (Å²) in [5.74, 6) is -0.0736. The van der Waals surface area contributed by atoms with Crippen LogP contribution in [-0.4, -0.2) is 9.55 Å². The second kappa shape index (κ2) is 5.53. The first kappa shape index (κ1) is 14.7. The summed E-state index contributed by atoms with van der Waals surface area (Å²) in [6.07, 6.45) is 0. The summed E-state index contributed by atoms with van der Waals surface area (Å²) in [7, 11) is 0. The predicted octanol–water partition coefficient (Wildman–Crippen LogP) is 5.21. The molecular weight excluding hydrogens is 409 g/mol. The lowest BCUT2D eigenvalue weighted by molar-refractivity contribution is 0.625. The van der Waals surface area contributed by atoms with E-state index in [1.54, 1.807) is 23.6 Å². The Morgan fingerprint density at radius 1 is 1.14 bits per heavy atom. The van der Waals surface area contributed by atoms with Gasteiger partial charge in [0.15, 0.2) is 0 Å². The van der Waals surface area contributed by atoms with Crippen molar-refractivity contribution in [3.8, 4) is 5.69 Å². The van der Waals surface area contributed by atoms with Crippen molar-refractivity contribution in [3.05, 3.63) is 57.4 Å². The van der Waals surface area contributed by atoms with Gasteiger partial charge >= 0.3 is 0 Å². The Bertz CT molecular complexity index is 830. The topological polar surface area (TPSA) is 17.8 Å². The van der Waals surface area contributed by atoms with Crippen LogP contribution in [0.3, 0.4) is 0 Å². The standard InChI is InChI=1S/C15H10ClF2IN2/c1-8(16)15-20-12-4-2-10(18)7-14(12)21(15)13-5-3-9(17)6-11(13)19/h2-8H,1H3. The minimum absolute atomic E-state index is 0.320. The van der Waals surface area contributed by atoms with Crippen LogP contribution in [0.25, 0.3) is 16.7 Å². The number of aromatic nitrogens is 2. The van der Waals surface area contributed by atoms with Crippen molar-refractivity contribution in [3.63, 3.8) is 0 Å². The quantitative estimate of drug-likeness (QED) is 0.413.